The Balaban J connectivity index is 1.40. The van der Waals surface area contributed by atoms with Crippen LogP contribution >= 0.6 is 0 Å². The topological polar surface area (TPSA) is 111 Å². The number of carbonyl (C=O) groups is 2. The van der Waals surface area contributed by atoms with Crippen LogP contribution in [0.25, 0.3) is 22.8 Å². The van der Waals surface area contributed by atoms with Crippen molar-refractivity contribution < 1.29 is 23.3 Å². The molecule has 9 heteroatoms. The summed E-state index contributed by atoms with van der Waals surface area (Å²) in [6.07, 6.45) is 2.27. The molecular formula is C24H20N4O5. The minimum atomic E-state index is -0.356. The molecule has 1 aliphatic heterocycles. The summed E-state index contributed by atoms with van der Waals surface area (Å²) in [4.78, 5) is 30.7. The van der Waals surface area contributed by atoms with Crippen molar-refractivity contribution in [3.05, 3.63) is 66.6 Å². The van der Waals surface area contributed by atoms with Crippen molar-refractivity contribution in [1.29, 1.82) is 0 Å². The fourth-order valence-electron chi connectivity index (χ4n) is 3.60. The first-order valence-corrected chi connectivity index (χ1v) is 10.5. The van der Waals surface area contributed by atoms with Crippen LogP contribution in [0.4, 0.5) is 11.4 Å². The van der Waals surface area contributed by atoms with Gasteiger partial charge in [0.05, 0.1) is 12.0 Å². The normalized spacial score (nSPS) is 12.9. The van der Waals surface area contributed by atoms with Crippen LogP contribution < -0.4 is 15.0 Å². The Morgan fingerprint density at radius 1 is 1.12 bits per heavy atom. The molecule has 2 aromatic heterocycles. The van der Waals surface area contributed by atoms with E-state index in [1.807, 2.05) is 25.1 Å². The van der Waals surface area contributed by atoms with Gasteiger partial charge in [-0.2, -0.15) is 4.98 Å². The molecular weight excluding hydrogens is 424 g/mol. The summed E-state index contributed by atoms with van der Waals surface area (Å²) in [5.74, 6) is 1.11. The molecule has 0 unspecified atom stereocenters. The van der Waals surface area contributed by atoms with Crippen molar-refractivity contribution in [2.45, 2.75) is 13.3 Å². The quantitative estimate of drug-likeness (QED) is 0.470. The van der Waals surface area contributed by atoms with Gasteiger partial charge in [0.1, 0.15) is 5.75 Å². The van der Waals surface area contributed by atoms with Crippen LogP contribution in [-0.2, 0) is 4.79 Å². The molecule has 0 spiro atoms. The molecule has 166 valence electrons. The van der Waals surface area contributed by atoms with E-state index in [0.29, 0.717) is 46.5 Å². The Bertz CT molecular complexity index is 1310. The van der Waals surface area contributed by atoms with Crippen molar-refractivity contribution in [1.82, 2.24) is 10.1 Å². The summed E-state index contributed by atoms with van der Waals surface area (Å²) in [5.41, 5.74) is 2.60. The molecule has 0 atom stereocenters. The Morgan fingerprint density at radius 2 is 2.03 bits per heavy atom. The molecule has 5 rings (SSSR count). The molecule has 0 saturated heterocycles. The highest BCUT2D eigenvalue weighted by atomic mass is 16.5. The number of rotatable bonds is 6. The molecule has 3 heterocycles. The maximum absolute atomic E-state index is 12.3. The first-order chi connectivity index (χ1) is 16.1. The van der Waals surface area contributed by atoms with Crippen LogP contribution in [0.3, 0.4) is 0 Å². The minimum Gasteiger partial charge on any atom is -0.482 e. The third kappa shape index (κ3) is 4.08. The van der Waals surface area contributed by atoms with Crippen molar-refractivity contribution in [2.75, 3.05) is 23.4 Å². The second kappa shape index (κ2) is 8.62. The predicted octanol–water partition coefficient (Wildman–Crippen LogP) is 4.38. The van der Waals surface area contributed by atoms with Gasteiger partial charge in [0.2, 0.25) is 5.82 Å². The minimum absolute atomic E-state index is 0.0332. The SMILES string of the molecule is CCCN1C(=O)COc2ccc(-c3noc(-c4cccc(NC(=O)c5ccco5)c4)n3)cc21. The van der Waals surface area contributed by atoms with Crippen molar-refractivity contribution >= 4 is 23.2 Å². The van der Waals surface area contributed by atoms with Crippen LogP contribution in [0.15, 0.2) is 69.8 Å². The van der Waals surface area contributed by atoms with E-state index in [1.165, 1.54) is 6.26 Å². The second-order valence-corrected chi connectivity index (χ2v) is 7.45. The lowest BCUT2D eigenvalue weighted by Crippen LogP contribution is -2.39. The Hall–Kier alpha value is -4.40. The number of carbonyl (C=O) groups excluding carboxylic acids is 2. The zero-order valence-electron chi connectivity index (χ0n) is 17.8. The lowest BCUT2D eigenvalue weighted by atomic mass is 10.1. The average Bonchev–Trinajstić information content (AvgIpc) is 3.54. The van der Waals surface area contributed by atoms with E-state index in [-0.39, 0.29) is 24.2 Å². The molecule has 2 amide bonds. The average molecular weight is 444 g/mol. The van der Waals surface area contributed by atoms with Crippen LogP contribution in [0.1, 0.15) is 23.9 Å². The summed E-state index contributed by atoms with van der Waals surface area (Å²) in [7, 11) is 0. The van der Waals surface area contributed by atoms with Gasteiger partial charge < -0.3 is 23.9 Å². The Kier molecular flexibility index (Phi) is 5.35. The maximum Gasteiger partial charge on any atom is 0.291 e. The summed E-state index contributed by atoms with van der Waals surface area (Å²) in [6, 6.07) is 15.8. The number of hydrogen-bond donors (Lipinski definition) is 1. The highest BCUT2D eigenvalue weighted by Gasteiger charge is 2.26. The molecule has 0 fully saturated rings. The molecule has 0 radical (unpaired) electrons. The summed E-state index contributed by atoms with van der Waals surface area (Å²) in [6.45, 7) is 2.65. The molecule has 0 saturated carbocycles. The smallest absolute Gasteiger partial charge is 0.291 e. The fraction of sp³-hybridized carbons (Fsp3) is 0.167. The number of aromatic nitrogens is 2. The van der Waals surface area contributed by atoms with E-state index in [2.05, 4.69) is 15.5 Å². The highest BCUT2D eigenvalue weighted by molar-refractivity contribution is 6.02. The van der Waals surface area contributed by atoms with Gasteiger partial charge in [-0.05, 0) is 55.0 Å². The van der Waals surface area contributed by atoms with Gasteiger partial charge in [0.15, 0.2) is 12.4 Å². The van der Waals surface area contributed by atoms with Crippen molar-refractivity contribution in [3.8, 4) is 28.6 Å². The van der Waals surface area contributed by atoms with E-state index in [0.717, 1.165) is 6.42 Å². The number of hydrogen-bond acceptors (Lipinski definition) is 7. The van der Waals surface area contributed by atoms with Crippen LogP contribution in [0, 0.1) is 0 Å². The van der Waals surface area contributed by atoms with Gasteiger partial charge in [-0.25, -0.2) is 0 Å². The van der Waals surface area contributed by atoms with Gasteiger partial charge in [0, 0.05) is 23.4 Å². The third-order valence-corrected chi connectivity index (χ3v) is 5.15. The van der Waals surface area contributed by atoms with Gasteiger partial charge in [-0.15, -0.1) is 0 Å². The zero-order valence-corrected chi connectivity index (χ0v) is 17.8. The molecule has 9 nitrogen and oxygen atoms in total. The van der Waals surface area contributed by atoms with E-state index in [9.17, 15) is 9.59 Å². The molecule has 2 aromatic carbocycles. The summed E-state index contributed by atoms with van der Waals surface area (Å²) < 4.78 is 16.1. The lowest BCUT2D eigenvalue weighted by molar-refractivity contribution is -0.121. The number of nitrogens with one attached hydrogen (secondary N) is 1. The van der Waals surface area contributed by atoms with Crippen molar-refractivity contribution in [3.63, 3.8) is 0 Å². The fourth-order valence-corrected chi connectivity index (χ4v) is 3.60. The van der Waals surface area contributed by atoms with E-state index >= 15 is 0 Å². The Labute approximate surface area is 189 Å². The molecule has 1 aliphatic rings. The predicted molar refractivity (Wildman–Crippen MR) is 120 cm³/mol. The summed E-state index contributed by atoms with van der Waals surface area (Å²) >= 11 is 0. The van der Waals surface area contributed by atoms with E-state index in [1.54, 1.807) is 41.3 Å². The largest absolute Gasteiger partial charge is 0.482 e. The standard InChI is InChI=1S/C24H20N4O5/c1-2-10-28-18-13-15(8-9-19(18)32-14-21(28)29)22-26-24(33-27-22)16-5-3-6-17(12-16)25-23(30)20-7-4-11-31-20/h3-9,11-13H,2,10,14H2,1H3,(H,25,30). The zero-order chi connectivity index (χ0) is 22.8. The number of amides is 2. The van der Waals surface area contributed by atoms with Gasteiger partial charge in [0.25, 0.3) is 17.7 Å². The van der Waals surface area contributed by atoms with E-state index in [4.69, 9.17) is 13.7 Å². The number of fused-ring (bicyclic) bond motifs is 1. The summed E-state index contributed by atoms with van der Waals surface area (Å²) in [5, 5.41) is 6.87. The highest BCUT2D eigenvalue weighted by Crippen LogP contribution is 2.36. The second-order valence-electron chi connectivity index (χ2n) is 7.45. The number of furan rings is 1. The van der Waals surface area contributed by atoms with Crippen LogP contribution in [-0.4, -0.2) is 35.1 Å². The van der Waals surface area contributed by atoms with Gasteiger partial charge in [-0.1, -0.05) is 18.1 Å². The van der Waals surface area contributed by atoms with E-state index < -0.39 is 0 Å². The molecule has 0 bridgehead atoms. The maximum atomic E-state index is 12.3. The monoisotopic (exact) mass is 444 g/mol. The lowest BCUT2D eigenvalue weighted by Gasteiger charge is -2.29. The van der Waals surface area contributed by atoms with Crippen molar-refractivity contribution in [2.24, 2.45) is 0 Å². The third-order valence-electron chi connectivity index (χ3n) is 5.15. The van der Waals surface area contributed by atoms with Crippen LogP contribution in [0.2, 0.25) is 0 Å². The molecule has 0 aliphatic carbocycles. The van der Waals surface area contributed by atoms with Crippen LogP contribution in [0.5, 0.6) is 5.75 Å². The number of anilines is 2. The first-order valence-electron chi connectivity index (χ1n) is 10.5. The number of nitrogens with zero attached hydrogens (tertiary/aromatic N) is 3. The molecule has 1 N–H and O–H groups in total. The van der Waals surface area contributed by atoms with Gasteiger partial charge >= 0.3 is 0 Å². The number of benzene rings is 2. The Morgan fingerprint density at radius 3 is 2.85 bits per heavy atom. The number of ether oxygens (including phenoxy) is 1. The van der Waals surface area contributed by atoms with Gasteiger partial charge in [-0.3, -0.25) is 9.59 Å². The first kappa shape index (κ1) is 20.5. The molecule has 4 aromatic rings. The molecule has 33 heavy (non-hydrogen) atoms.